The summed E-state index contributed by atoms with van der Waals surface area (Å²) in [5.41, 5.74) is 1.78. The van der Waals surface area contributed by atoms with E-state index in [0.717, 1.165) is 36.6 Å². The van der Waals surface area contributed by atoms with Gasteiger partial charge in [0.1, 0.15) is 11.3 Å². The molecule has 1 heterocycles. The van der Waals surface area contributed by atoms with Gasteiger partial charge in [-0.1, -0.05) is 42.7 Å². The third-order valence-electron chi connectivity index (χ3n) is 5.17. The van der Waals surface area contributed by atoms with Gasteiger partial charge in [0, 0.05) is 11.4 Å². The molecule has 29 heavy (non-hydrogen) atoms. The van der Waals surface area contributed by atoms with Gasteiger partial charge in [0.05, 0.1) is 5.69 Å². The van der Waals surface area contributed by atoms with Crippen LogP contribution in [0.25, 0.3) is 11.0 Å². The second-order valence-electron chi connectivity index (χ2n) is 7.41. The number of rotatable bonds is 6. The van der Waals surface area contributed by atoms with Crippen LogP contribution in [0, 0.1) is 6.92 Å². The Balaban J connectivity index is 1.58. The van der Waals surface area contributed by atoms with Gasteiger partial charge in [0.15, 0.2) is 12.3 Å². The van der Waals surface area contributed by atoms with E-state index in [2.05, 4.69) is 10.6 Å². The molecule has 0 aliphatic heterocycles. The molecule has 0 atom stereocenters. The fraction of sp³-hybridized carbons (Fsp3) is 0.304. The molecule has 1 aromatic heterocycles. The van der Waals surface area contributed by atoms with Crippen molar-refractivity contribution in [1.82, 2.24) is 0 Å². The van der Waals surface area contributed by atoms with Gasteiger partial charge in [-0.05, 0) is 44.0 Å². The van der Waals surface area contributed by atoms with Crippen molar-refractivity contribution in [2.45, 2.75) is 38.6 Å². The first-order chi connectivity index (χ1) is 14.1. The number of hydrogen-bond acceptors (Lipinski definition) is 5. The van der Waals surface area contributed by atoms with Gasteiger partial charge in [0.2, 0.25) is 0 Å². The van der Waals surface area contributed by atoms with E-state index in [9.17, 15) is 9.59 Å². The number of nitrogens with one attached hydrogen (secondary N) is 2. The summed E-state index contributed by atoms with van der Waals surface area (Å²) in [6.07, 6.45) is 4.39. The molecule has 1 saturated carbocycles. The standard InChI is InChI=1S/C23H24N2O4/c1-15-10-12-17(13-11-15)28-14-20(26)25-22-21(24-16-6-2-3-7-16)18-8-4-5-9-19(18)29-23(22)27/h4-5,8-13,16,24H,2-3,6-7,14H2,1H3,(H,25,26). The number of aryl methyl sites for hydroxylation is 1. The number of carbonyl (C=O) groups is 1. The highest BCUT2D eigenvalue weighted by Gasteiger charge is 2.21. The molecule has 6 heteroatoms. The predicted octanol–water partition coefficient (Wildman–Crippen LogP) is 4.47. The Morgan fingerprint density at radius 2 is 1.79 bits per heavy atom. The first-order valence-corrected chi connectivity index (χ1v) is 9.92. The average molecular weight is 392 g/mol. The molecule has 3 aromatic rings. The number of benzene rings is 2. The van der Waals surface area contributed by atoms with E-state index in [1.165, 1.54) is 0 Å². The Labute approximate surface area is 168 Å². The second-order valence-corrected chi connectivity index (χ2v) is 7.41. The summed E-state index contributed by atoms with van der Waals surface area (Å²) in [6, 6.07) is 15.0. The summed E-state index contributed by atoms with van der Waals surface area (Å²) >= 11 is 0. The van der Waals surface area contributed by atoms with Crippen LogP contribution in [-0.2, 0) is 4.79 Å². The molecule has 150 valence electrons. The average Bonchev–Trinajstić information content (AvgIpc) is 3.23. The predicted molar refractivity (Wildman–Crippen MR) is 114 cm³/mol. The zero-order valence-electron chi connectivity index (χ0n) is 16.4. The van der Waals surface area contributed by atoms with Gasteiger partial charge < -0.3 is 19.8 Å². The maximum atomic E-state index is 12.6. The lowest BCUT2D eigenvalue weighted by Gasteiger charge is -2.18. The summed E-state index contributed by atoms with van der Waals surface area (Å²) in [6.45, 7) is 1.78. The summed E-state index contributed by atoms with van der Waals surface area (Å²) in [7, 11) is 0. The fourth-order valence-electron chi connectivity index (χ4n) is 3.65. The molecule has 0 radical (unpaired) electrons. The van der Waals surface area contributed by atoms with E-state index in [-0.39, 0.29) is 18.3 Å². The molecule has 6 nitrogen and oxygen atoms in total. The third-order valence-corrected chi connectivity index (χ3v) is 5.17. The number of anilines is 2. The van der Waals surface area contributed by atoms with Gasteiger partial charge in [-0.3, -0.25) is 4.79 Å². The Hall–Kier alpha value is -3.28. The van der Waals surface area contributed by atoms with E-state index >= 15 is 0 Å². The maximum absolute atomic E-state index is 12.6. The second kappa shape index (κ2) is 8.39. The van der Waals surface area contributed by atoms with E-state index in [4.69, 9.17) is 9.15 Å². The molecule has 0 unspecified atom stereocenters. The van der Waals surface area contributed by atoms with Crippen molar-refractivity contribution in [3.8, 4) is 5.75 Å². The van der Waals surface area contributed by atoms with Crippen LogP contribution in [0.15, 0.2) is 57.7 Å². The lowest BCUT2D eigenvalue weighted by atomic mass is 10.1. The number of amides is 1. The number of carbonyl (C=O) groups excluding carboxylic acids is 1. The van der Waals surface area contributed by atoms with Crippen LogP contribution in [0.3, 0.4) is 0 Å². The summed E-state index contributed by atoms with van der Waals surface area (Å²) in [4.78, 5) is 25.1. The zero-order valence-corrected chi connectivity index (χ0v) is 16.4. The smallest absolute Gasteiger partial charge is 0.362 e. The van der Waals surface area contributed by atoms with Crippen molar-refractivity contribution >= 4 is 28.3 Å². The van der Waals surface area contributed by atoms with Crippen molar-refractivity contribution in [1.29, 1.82) is 0 Å². The van der Waals surface area contributed by atoms with Crippen molar-refractivity contribution in [2.24, 2.45) is 0 Å². The minimum absolute atomic E-state index is 0.133. The van der Waals surface area contributed by atoms with E-state index in [1.807, 2.05) is 37.3 Å². The van der Waals surface area contributed by atoms with Gasteiger partial charge in [-0.25, -0.2) is 4.79 Å². The molecular formula is C23H24N2O4. The van der Waals surface area contributed by atoms with Crippen LogP contribution < -0.4 is 21.0 Å². The molecular weight excluding hydrogens is 368 g/mol. The first kappa shape index (κ1) is 19.1. The number of fused-ring (bicyclic) bond motifs is 1. The molecule has 0 saturated heterocycles. The molecule has 1 fully saturated rings. The zero-order chi connectivity index (χ0) is 20.2. The van der Waals surface area contributed by atoms with Crippen molar-refractivity contribution < 1.29 is 13.9 Å². The van der Waals surface area contributed by atoms with Gasteiger partial charge in [-0.15, -0.1) is 0 Å². The third kappa shape index (κ3) is 4.42. The molecule has 2 aromatic carbocycles. The molecule has 1 amide bonds. The van der Waals surface area contributed by atoms with E-state index in [0.29, 0.717) is 17.0 Å². The minimum Gasteiger partial charge on any atom is -0.484 e. The molecule has 4 rings (SSSR count). The highest BCUT2D eigenvalue weighted by atomic mass is 16.5. The topological polar surface area (TPSA) is 80.6 Å². The monoisotopic (exact) mass is 392 g/mol. The minimum atomic E-state index is -0.576. The van der Waals surface area contributed by atoms with E-state index < -0.39 is 11.5 Å². The molecule has 0 bridgehead atoms. The van der Waals surface area contributed by atoms with Crippen molar-refractivity contribution in [2.75, 3.05) is 17.2 Å². The Bertz CT molecular complexity index is 1070. The highest BCUT2D eigenvalue weighted by molar-refractivity contribution is 6.02. The SMILES string of the molecule is Cc1ccc(OCC(=O)Nc2c(NC3CCCC3)c3ccccc3oc2=O)cc1. The molecule has 1 aliphatic rings. The number of ether oxygens (including phenoxy) is 1. The molecule has 0 spiro atoms. The molecule has 2 N–H and O–H groups in total. The lowest BCUT2D eigenvalue weighted by Crippen LogP contribution is -2.26. The first-order valence-electron chi connectivity index (χ1n) is 9.92. The number of hydrogen-bond donors (Lipinski definition) is 2. The van der Waals surface area contributed by atoms with Crippen LogP contribution in [-0.4, -0.2) is 18.6 Å². The summed E-state index contributed by atoms with van der Waals surface area (Å²) < 4.78 is 11.0. The number of para-hydroxylation sites is 1. The van der Waals surface area contributed by atoms with Gasteiger partial charge >= 0.3 is 5.63 Å². The summed E-state index contributed by atoms with van der Waals surface area (Å²) in [5.74, 6) is 0.184. The quantitative estimate of drug-likeness (QED) is 0.605. The fourth-order valence-corrected chi connectivity index (χ4v) is 3.65. The maximum Gasteiger partial charge on any atom is 0.362 e. The normalized spacial score (nSPS) is 14.1. The van der Waals surface area contributed by atoms with Crippen LogP contribution in [0.1, 0.15) is 31.2 Å². The lowest BCUT2D eigenvalue weighted by molar-refractivity contribution is -0.118. The van der Waals surface area contributed by atoms with Crippen LogP contribution in [0.5, 0.6) is 5.75 Å². The van der Waals surface area contributed by atoms with Gasteiger partial charge in [-0.2, -0.15) is 0 Å². The van der Waals surface area contributed by atoms with Crippen LogP contribution in [0.2, 0.25) is 0 Å². The van der Waals surface area contributed by atoms with Gasteiger partial charge in [0.25, 0.3) is 5.91 Å². The molecule has 1 aliphatic carbocycles. The van der Waals surface area contributed by atoms with Crippen molar-refractivity contribution in [3.63, 3.8) is 0 Å². The Kier molecular flexibility index (Phi) is 5.51. The van der Waals surface area contributed by atoms with Crippen LogP contribution >= 0.6 is 0 Å². The Morgan fingerprint density at radius 3 is 2.55 bits per heavy atom. The van der Waals surface area contributed by atoms with Crippen LogP contribution in [0.4, 0.5) is 11.4 Å². The summed E-state index contributed by atoms with van der Waals surface area (Å²) in [5, 5.41) is 6.93. The van der Waals surface area contributed by atoms with E-state index in [1.54, 1.807) is 18.2 Å². The highest BCUT2D eigenvalue weighted by Crippen LogP contribution is 2.32. The Morgan fingerprint density at radius 1 is 1.07 bits per heavy atom. The largest absolute Gasteiger partial charge is 0.484 e. The van der Waals surface area contributed by atoms with Crippen molar-refractivity contribution in [3.05, 3.63) is 64.5 Å².